The highest BCUT2D eigenvalue weighted by atomic mass is 32.2. The Kier molecular flexibility index (Phi) is 6.54. The number of carbonyl (C=O) groups excluding carboxylic acids is 1. The Bertz CT molecular complexity index is 1010. The normalized spacial score (nSPS) is 19.8. The van der Waals surface area contributed by atoms with E-state index in [9.17, 15) is 17.6 Å². The number of morpholine rings is 1. The summed E-state index contributed by atoms with van der Waals surface area (Å²) in [4.78, 5) is 15.0. The standard InChI is InChI=1S/C22H26FN3O4S/c23-19-6-2-17(3-7-19)21(25-11-13-30-14-12-25)16-24-22(27)18-4-8-20(9-5-18)26-10-1-15-31(26,28)29/h2-9,21H,1,10-16H2,(H,24,27)/t21-/m0/s1. The molecule has 1 amide bonds. The Morgan fingerprint density at radius 1 is 1.03 bits per heavy atom. The maximum absolute atomic E-state index is 13.4. The Balaban J connectivity index is 1.44. The zero-order chi connectivity index (χ0) is 21.8. The summed E-state index contributed by atoms with van der Waals surface area (Å²) in [6.07, 6.45) is 0.608. The Morgan fingerprint density at radius 3 is 2.32 bits per heavy atom. The molecule has 1 N–H and O–H groups in total. The summed E-state index contributed by atoms with van der Waals surface area (Å²) in [5.74, 6) is -0.383. The molecule has 1 atom stereocenters. The van der Waals surface area contributed by atoms with Crippen molar-refractivity contribution >= 4 is 21.6 Å². The number of carbonyl (C=O) groups is 1. The lowest BCUT2D eigenvalue weighted by Gasteiger charge is -2.35. The van der Waals surface area contributed by atoms with Crippen molar-refractivity contribution in [3.8, 4) is 0 Å². The molecular weight excluding hydrogens is 421 g/mol. The van der Waals surface area contributed by atoms with E-state index in [1.54, 1.807) is 36.4 Å². The predicted octanol–water partition coefficient (Wildman–Crippen LogP) is 2.17. The number of amides is 1. The molecule has 0 bridgehead atoms. The van der Waals surface area contributed by atoms with Gasteiger partial charge in [-0.25, -0.2) is 12.8 Å². The van der Waals surface area contributed by atoms with Crippen LogP contribution in [0.4, 0.5) is 10.1 Å². The second-order valence-electron chi connectivity index (χ2n) is 7.71. The van der Waals surface area contributed by atoms with Gasteiger partial charge in [0.15, 0.2) is 0 Å². The highest BCUT2D eigenvalue weighted by Gasteiger charge is 2.28. The van der Waals surface area contributed by atoms with Crippen LogP contribution in [0.25, 0.3) is 0 Å². The Labute approximate surface area is 181 Å². The molecule has 9 heteroatoms. The number of ether oxygens (including phenoxy) is 1. The van der Waals surface area contributed by atoms with Crippen LogP contribution in [0, 0.1) is 5.82 Å². The monoisotopic (exact) mass is 447 g/mol. The summed E-state index contributed by atoms with van der Waals surface area (Å²) in [6.45, 7) is 3.53. The van der Waals surface area contributed by atoms with Gasteiger partial charge in [-0.15, -0.1) is 0 Å². The van der Waals surface area contributed by atoms with Gasteiger partial charge in [-0.3, -0.25) is 14.0 Å². The number of hydrogen-bond acceptors (Lipinski definition) is 5. The van der Waals surface area contributed by atoms with Crippen LogP contribution < -0.4 is 9.62 Å². The molecule has 2 aliphatic heterocycles. The van der Waals surface area contributed by atoms with Crippen LogP contribution in [0.3, 0.4) is 0 Å². The molecule has 2 aromatic carbocycles. The first kappa shape index (κ1) is 21.7. The molecule has 166 valence electrons. The average molecular weight is 448 g/mol. The van der Waals surface area contributed by atoms with E-state index in [0.29, 0.717) is 44.0 Å². The van der Waals surface area contributed by atoms with E-state index in [2.05, 4.69) is 10.2 Å². The molecule has 2 aliphatic rings. The second-order valence-corrected chi connectivity index (χ2v) is 9.73. The summed E-state index contributed by atoms with van der Waals surface area (Å²) in [7, 11) is -3.25. The van der Waals surface area contributed by atoms with Crippen molar-refractivity contribution in [2.24, 2.45) is 0 Å². The third-order valence-corrected chi connectivity index (χ3v) is 7.58. The molecular formula is C22H26FN3O4S. The van der Waals surface area contributed by atoms with Crippen LogP contribution >= 0.6 is 0 Å². The molecule has 2 heterocycles. The van der Waals surface area contributed by atoms with E-state index in [4.69, 9.17) is 4.74 Å². The zero-order valence-electron chi connectivity index (χ0n) is 17.2. The van der Waals surface area contributed by atoms with Crippen LogP contribution in [0.1, 0.15) is 28.4 Å². The van der Waals surface area contributed by atoms with Gasteiger partial charge < -0.3 is 10.1 Å². The molecule has 7 nitrogen and oxygen atoms in total. The van der Waals surface area contributed by atoms with Gasteiger partial charge in [0.1, 0.15) is 5.82 Å². The van der Waals surface area contributed by atoms with Crippen molar-refractivity contribution in [3.05, 3.63) is 65.5 Å². The first-order valence-corrected chi connectivity index (χ1v) is 12.0. The van der Waals surface area contributed by atoms with Crippen molar-refractivity contribution in [3.63, 3.8) is 0 Å². The minimum Gasteiger partial charge on any atom is -0.379 e. The highest BCUT2D eigenvalue weighted by molar-refractivity contribution is 7.93. The molecule has 31 heavy (non-hydrogen) atoms. The first-order valence-electron chi connectivity index (χ1n) is 10.4. The molecule has 4 rings (SSSR count). The molecule has 2 aromatic rings. The fourth-order valence-electron chi connectivity index (χ4n) is 4.03. The van der Waals surface area contributed by atoms with Crippen LogP contribution in [0.2, 0.25) is 0 Å². The lowest BCUT2D eigenvalue weighted by atomic mass is 10.0. The SMILES string of the molecule is O=C(NC[C@@H](c1ccc(F)cc1)N1CCOCC1)c1ccc(N2CCCS2(=O)=O)cc1. The second kappa shape index (κ2) is 9.33. The summed E-state index contributed by atoms with van der Waals surface area (Å²) >= 11 is 0. The van der Waals surface area contributed by atoms with Crippen molar-refractivity contribution in [2.75, 3.05) is 49.5 Å². The number of benzene rings is 2. The maximum Gasteiger partial charge on any atom is 0.251 e. The van der Waals surface area contributed by atoms with Gasteiger partial charge in [0, 0.05) is 31.7 Å². The fraction of sp³-hybridized carbons (Fsp3) is 0.409. The minimum atomic E-state index is -3.25. The molecule has 0 radical (unpaired) electrons. The van der Waals surface area contributed by atoms with E-state index in [0.717, 1.165) is 18.7 Å². The number of nitrogens with one attached hydrogen (secondary N) is 1. The number of nitrogens with zero attached hydrogens (tertiary/aromatic N) is 2. The third-order valence-electron chi connectivity index (χ3n) is 5.71. The Hall–Kier alpha value is -2.49. The molecule has 2 fully saturated rings. The van der Waals surface area contributed by atoms with Gasteiger partial charge in [-0.2, -0.15) is 0 Å². The summed E-state index contributed by atoms with van der Waals surface area (Å²) in [5.41, 5.74) is 1.96. The maximum atomic E-state index is 13.4. The van der Waals surface area contributed by atoms with E-state index < -0.39 is 10.0 Å². The van der Waals surface area contributed by atoms with Crippen LogP contribution in [0.15, 0.2) is 48.5 Å². The molecule has 2 saturated heterocycles. The van der Waals surface area contributed by atoms with Gasteiger partial charge in [-0.1, -0.05) is 12.1 Å². The molecule has 0 aromatic heterocycles. The van der Waals surface area contributed by atoms with Crippen molar-refractivity contribution in [2.45, 2.75) is 12.5 Å². The topological polar surface area (TPSA) is 79.0 Å². The van der Waals surface area contributed by atoms with Crippen molar-refractivity contribution < 1.29 is 22.3 Å². The van der Waals surface area contributed by atoms with Gasteiger partial charge in [0.2, 0.25) is 10.0 Å². The largest absolute Gasteiger partial charge is 0.379 e. The summed E-state index contributed by atoms with van der Waals surface area (Å²) < 4.78 is 44.3. The average Bonchev–Trinajstić information content (AvgIpc) is 3.14. The molecule has 0 aliphatic carbocycles. The lowest BCUT2D eigenvalue weighted by molar-refractivity contribution is 0.0162. The molecule has 0 spiro atoms. The van der Waals surface area contributed by atoms with Gasteiger partial charge in [-0.05, 0) is 48.4 Å². The van der Waals surface area contributed by atoms with E-state index in [-0.39, 0.29) is 23.5 Å². The first-order chi connectivity index (χ1) is 14.9. The van der Waals surface area contributed by atoms with Gasteiger partial charge in [0.25, 0.3) is 5.91 Å². The van der Waals surface area contributed by atoms with Crippen molar-refractivity contribution in [1.82, 2.24) is 10.2 Å². The number of anilines is 1. The van der Waals surface area contributed by atoms with E-state index >= 15 is 0 Å². The number of halogens is 1. The number of rotatable bonds is 6. The highest BCUT2D eigenvalue weighted by Crippen LogP contribution is 2.25. The zero-order valence-corrected chi connectivity index (χ0v) is 18.0. The van der Waals surface area contributed by atoms with Gasteiger partial charge in [0.05, 0.1) is 30.7 Å². The number of sulfonamides is 1. The van der Waals surface area contributed by atoms with E-state index in [1.807, 2.05) is 0 Å². The summed E-state index contributed by atoms with van der Waals surface area (Å²) in [6, 6.07) is 12.8. The smallest absolute Gasteiger partial charge is 0.251 e. The van der Waals surface area contributed by atoms with E-state index in [1.165, 1.54) is 16.4 Å². The number of hydrogen-bond donors (Lipinski definition) is 1. The third kappa shape index (κ3) is 5.06. The van der Waals surface area contributed by atoms with Gasteiger partial charge >= 0.3 is 0 Å². The molecule has 0 unspecified atom stereocenters. The minimum absolute atomic E-state index is 0.0949. The van der Waals surface area contributed by atoms with Crippen LogP contribution in [0.5, 0.6) is 0 Å². The quantitative estimate of drug-likeness (QED) is 0.734. The van der Waals surface area contributed by atoms with Crippen LogP contribution in [-0.2, 0) is 14.8 Å². The molecule has 0 saturated carbocycles. The van der Waals surface area contributed by atoms with Crippen molar-refractivity contribution in [1.29, 1.82) is 0 Å². The lowest BCUT2D eigenvalue weighted by Crippen LogP contribution is -2.43. The Morgan fingerprint density at radius 2 is 1.71 bits per heavy atom. The summed E-state index contributed by atoms with van der Waals surface area (Å²) in [5, 5.41) is 2.97. The van der Waals surface area contributed by atoms with Crippen LogP contribution in [-0.4, -0.2) is 64.4 Å². The fourth-order valence-corrected chi connectivity index (χ4v) is 5.60. The predicted molar refractivity (Wildman–Crippen MR) is 116 cm³/mol.